The van der Waals surface area contributed by atoms with Gasteiger partial charge >= 0.3 is 0 Å². The Kier molecular flexibility index (Phi) is 4.64. The number of ketones is 1. The summed E-state index contributed by atoms with van der Waals surface area (Å²) in [7, 11) is -3.32. The van der Waals surface area contributed by atoms with Crippen LogP contribution in [0.5, 0.6) is 0 Å². The molecular formula is C15H18N4O3S2. The minimum Gasteiger partial charge on any atom is -0.306 e. The van der Waals surface area contributed by atoms with Crippen LogP contribution in [-0.4, -0.2) is 40.5 Å². The average molecular weight is 366 g/mol. The Balaban J connectivity index is 1.67. The first-order valence-electron chi connectivity index (χ1n) is 7.52. The van der Waals surface area contributed by atoms with Crippen molar-refractivity contribution >= 4 is 33.3 Å². The Labute approximate surface area is 144 Å². The lowest BCUT2D eigenvalue weighted by Crippen LogP contribution is -2.15. The SMILES string of the molecule is C[C@H](Sc1nncn1C1CC1)C(=O)c1ccc(NS(C)(=O)=O)cc1. The Morgan fingerprint density at radius 2 is 2.00 bits per heavy atom. The van der Waals surface area contributed by atoms with E-state index in [2.05, 4.69) is 14.9 Å². The van der Waals surface area contributed by atoms with Crippen molar-refractivity contribution in [1.82, 2.24) is 14.8 Å². The van der Waals surface area contributed by atoms with Gasteiger partial charge < -0.3 is 4.57 Å². The van der Waals surface area contributed by atoms with E-state index in [-0.39, 0.29) is 11.0 Å². The topological polar surface area (TPSA) is 93.9 Å². The van der Waals surface area contributed by atoms with Crippen LogP contribution >= 0.6 is 11.8 Å². The second kappa shape index (κ2) is 6.56. The van der Waals surface area contributed by atoms with Crippen LogP contribution in [0.4, 0.5) is 5.69 Å². The number of carbonyl (C=O) groups is 1. The fourth-order valence-electron chi connectivity index (χ4n) is 2.28. The first-order valence-corrected chi connectivity index (χ1v) is 10.3. The summed E-state index contributed by atoms with van der Waals surface area (Å²) in [6.45, 7) is 1.83. The van der Waals surface area contributed by atoms with Crippen LogP contribution in [0.3, 0.4) is 0 Å². The third-order valence-corrected chi connectivity index (χ3v) is 5.28. The Morgan fingerprint density at radius 3 is 2.58 bits per heavy atom. The lowest BCUT2D eigenvalue weighted by molar-refractivity contribution is 0.0994. The highest BCUT2D eigenvalue weighted by Gasteiger charge is 2.28. The first-order chi connectivity index (χ1) is 11.3. The van der Waals surface area contributed by atoms with Gasteiger partial charge in [0.1, 0.15) is 6.33 Å². The van der Waals surface area contributed by atoms with E-state index in [0.29, 0.717) is 17.3 Å². The zero-order valence-corrected chi connectivity index (χ0v) is 15.0. The average Bonchev–Trinajstić information content (AvgIpc) is 3.26. The van der Waals surface area contributed by atoms with Crippen LogP contribution in [0.15, 0.2) is 35.7 Å². The van der Waals surface area contributed by atoms with Gasteiger partial charge in [0.25, 0.3) is 0 Å². The minimum absolute atomic E-state index is 0.0312. The highest BCUT2D eigenvalue weighted by Crippen LogP contribution is 2.38. The second-order valence-electron chi connectivity index (χ2n) is 5.83. The van der Waals surface area contributed by atoms with E-state index >= 15 is 0 Å². The third kappa shape index (κ3) is 4.15. The summed E-state index contributed by atoms with van der Waals surface area (Å²) in [6, 6.07) is 6.87. The summed E-state index contributed by atoms with van der Waals surface area (Å²) >= 11 is 1.39. The van der Waals surface area contributed by atoms with Crippen LogP contribution in [0.1, 0.15) is 36.2 Å². The van der Waals surface area contributed by atoms with Gasteiger partial charge in [0.05, 0.1) is 11.5 Å². The summed E-state index contributed by atoms with van der Waals surface area (Å²) in [5.41, 5.74) is 0.967. The summed E-state index contributed by atoms with van der Waals surface area (Å²) in [4.78, 5) is 12.5. The molecule has 128 valence electrons. The number of thioether (sulfide) groups is 1. The predicted octanol–water partition coefficient (Wildman–Crippen LogP) is 2.35. The lowest BCUT2D eigenvalue weighted by atomic mass is 10.1. The molecular weight excluding hydrogens is 348 g/mol. The molecule has 1 saturated carbocycles. The second-order valence-corrected chi connectivity index (χ2v) is 8.88. The standard InChI is InChI=1S/C15H18N4O3S2/c1-10(23-15-17-16-9-19(15)13-7-8-13)14(20)11-3-5-12(6-4-11)18-24(2,21)22/h3-6,9-10,13,18H,7-8H2,1-2H3/t10-/m0/s1. The molecule has 0 saturated heterocycles. The molecule has 7 nitrogen and oxygen atoms in total. The van der Waals surface area contributed by atoms with E-state index in [4.69, 9.17) is 0 Å². The maximum atomic E-state index is 12.5. The third-order valence-electron chi connectivity index (χ3n) is 3.60. The van der Waals surface area contributed by atoms with Gasteiger partial charge in [0.2, 0.25) is 10.0 Å². The number of anilines is 1. The van der Waals surface area contributed by atoms with Crippen molar-refractivity contribution in [3.63, 3.8) is 0 Å². The monoisotopic (exact) mass is 366 g/mol. The number of aromatic nitrogens is 3. The smallest absolute Gasteiger partial charge is 0.229 e. The largest absolute Gasteiger partial charge is 0.306 e. The molecule has 1 aromatic heterocycles. The molecule has 1 fully saturated rings. The van der Waals surface area contributed by atoms with Crippen LogP contribution in [0.25, 0.3) is 0 Å². The van der Waals surface area contributed by atoms with E-state index < -0.39 is 10.0 Å². The quantitative estimate of drug-likeness (QED) is 0.597. The van der Waals surface area contributed by atoms with Crippen LogP contribution in [0, 0.1) is 0 Å². The minimum atomic E-state index is -3.32. The summed E-state index contributed by atoms with van der Waals surface area (Å²) < 4.78 is 26.8. The highest BCUT2D eigenvalue weighted by molar-refractivity contribution is 8.00. The van der Waals surface area contributed by atoms with Crippen molar-refractivity contribution in [3.8, 4) is 0 Å². The van der Waals surface area contributed by atoms with Crippen molar-refractivity contribution in [1.29, 1.82) is 0 Å². The summed E-state index contributed by atoms with van der Waals surface area (Å²) in [5, 5.41) is 8.48. The van der Waals surface area contributed by atoms with Crippen molar-refractivity contribution < 1.29 is 13.2 Å². The fraction of sp³-hybridized carbons (Fsp3) is 0.400. The van der Waals surface area contributed by atoms with Crippen molar-refractivity contribution in [2.75, 3.05) is 11.0 Å². The highest BCUT2D eigenvalue weighted by atomic mass is 32.2. The molecule has 0 amide bonds. The van der Waals surface area contributed by atoms with Gasteiger partial charge in [-0.2, -0.15) is 0 Å². The molecule has 3 rings (SSSR count). The molecule has 1 heterocycles. The first kappa shape index (κ1) is 17.0. The Bertz CT molecular complexity index is 842. The molecule has 0 unspecified atom stereocenters. The van der Waals surface area contributed by atoms with E-state index in [1.807, 2.05) is 11.5 Å². The van der Waals surface area contributed by atoms with Gasteiger partial charge in [-0.3, -0.25) is 9.52 Å². The van der Waals surface area contributed by atoms with Gasteiger partial charge in [0.15, 0.2) is 10.9 Å². The van der Waals surface area contributed by atoms with Gasteiger partial charge in [0, 0.05) is 17.3 Å². The van der Waals surface area contributed by atoms with Crippen molar-refractivity contribution in [2.24, 2.45) is 0 Å². The molecule has 1 aromatic carbocycles. The number of Topliss-reactive ketones (excluding diaryl/α,β-unsaturated/α-hetero) is 1. The molecule has 1 aliphatic rings. The van der Waals surface area contributed by atoms with Crippen molar-refractivity contribution in [3.05, 3.63) is 36.2 Å². The van der Waals surface area contributed by atoms with Crippen molar-refractivity contribution in [2.45, 2.75) is 36.2 Å². The van der Waals surface area contributed by atoms with Gasteiger partial charge in [-0.15, -0.1) is 10.2 Å². The maximum absolute atomic E-state index is 12.5. The Morgan fingerprint density at radius 1 is 1.33 bits per heavy atom. The number of nitrogens with one attached hydrogen (secondary N) is 1. The van der Waals surface area contributed by atoms with Gasteiger partial charge in [-0.05, 0) is 44.0 Å². The number of rotatable bonds is 7. The van der Waals surface area contributed by atoms with Crippen LogP contribution in [-0.2, 0) is 10.0 Å². The van der Waals surface area contributed by atoms with E-state index in [1.165, 1.54) is 11.8 Å². The number of nitrogens with zero attached hydrogens (tertiary/aromatic N) is 3. The van der Waals surface area contributed by atoms with E-state index in [9.17, 15) is 13.2 Å². The zero-order valence-electron chi connectivity index (χ0n) is 13.3. The summed E-state index contributed by atoms with van der Waals surface area (Å²) in [6.07, 6.45) is 5.05. The molecule has 0 aliphatic heterocycles. The predicted molar refractivity (Wildman–Crippen MR) is 92.9 cm³/mol. The van der Waals surface area contributed by atoms with E-state index in [0.717, 1.165) is 24.3 Å². The molecule has 9 heteroatoms. The number of hydrogen-bond acceptors (Lipinski definition) is 6. The van der Waals surface area contributed by atoms with E-state index in [1.54, 1.807) is 30.6 Å². The van der Waals surface area contributed by atoms with Gasteiger partial charge in [-0.25, -0.2) is 8.42 Å². The maximum Gasteiger partial charge on any atom is 0.229 e. The number of sulfonamides is 1. The lowest BCUT2D eigenvalue weighted by Gasteiger charge is -2.11. The number of benzene rings is 1. The molecule has 2 aromatic rings. The molecule has 1 N–H and O–H groups in total. The summed E-state index contributed by atoms with van der Waals surface area (Å²) in [5.74, 6) is -0.0312. The molecule has 0 bridgehead atoms. The van der Waals surface area contributed by atoms with Crippen LogP contribution < -0.4 is 4.72 Å². The zero-order chi connectivity index (χ0) is 17.3. The fourth-order valence-corrected chi connectivity index (χ4v) is 3.82. The molecule has 0 radical (unpaired) electrons. The van der Waals surface area contributed by atoms with Gasteiger partial charge in [-0.1, -0.05) is 11.8 Å². The van der Waals surface area contributed by atoms with Crippen LogP contribution in [0.2, 0.25) is 0 Å². The Hall–Kier alpha value is -1.87. The molecule has 1 atom stereocenters. The molecule has 24 heavy (non-hydrogen) atoms. The molecule has 1 aliphatic carbocycles. The normalized spacial score (nSPS) is 15.9. The molecule has 0 spiro atoms. The number of hydrogen-bond donors (Lipinski definition) is 1. The number of carbonyl (C=O) groups excluding carboxylic acids is 1.